The Balaban J connectivity index is 1.85. The van der Waals surface area contributed by atoms with Crippen molar-refractivity contribution in [3.05, 3.63) is 82.0 Å². The molecule has 0 spiro atoms. The van der Waals surface area contributed by atoms with Crippen LogP contribution in [0.1, 0.15) is 55.5 Å². The molecule has 33 heavy (non-hydrogen) atoms. The van der Waals surface area contributed by atoms with Crippen LogP contribution in [0.2, 0.25) is 0 Å². The number of amides is 1. The van der Waals surface area contributed by atoms with Crippen molar-refractivity contribution in [3.63, 3.8) is 0 Å². The minimum atomic E-state index is -0.365. The van der Waals surface area contributed by atoms with Crippen molar-refractivity contribution >= 4 is 17.5 Å². The van der Waals surface area contributed by atoms with E-state index in [4.69, 9.17) is 4.74 Å². The highest BCUT2D eigenvalue weighted by molar-refractivity contribution is 6.25. The molecule has 0 fully saturated rings. The van der Waals surface area contributed by atoms with Gasteiger partial charge in [0, 0.05) is 40.3 Å². The van der Waals surface area contributed by atoms with E-state index in [1.165, 1.54) is 6.07 Å². The Morgan fingerprint density at radius 2 is 1.58 bits per heavy atom. The van der Waals surface area contributed by atoms with Gasteiger partial charge in [-0.3, -0.25) is 14.4 Å². The van der Waals surface area contributed by atoms with Gasteiger partial charge in [0.25, 0.3) is 5.91 Å². The Morgan fingerprint density at radius 3 is 2.27 bits per heavy atom. The van der Waals surface area contributed by atoms with E-state index >= 15 is 0 Å². The number of allylic oxidation sites excluding steroid dienone is 4. The van der Waals surface area contributed by atoms with Crippen molar-refractivity contribution in [3.8, 4) is 11.5 Å². The third kappa shape index (κ3) is 4.90. The summed E-state index contributed by atoms with van der Waals surface area (Å²) < 4.78 is 5.55. The van der Waals surface area contributed by atoms with Gasteiger partial charge in [0.15, 0.2) is 11.6 Å². The van der Waals surface area contributed by atoms with E-state index in [9.17, 15) is 19.5 Å². The van der Waals surface area contributed by atoms with Crippen molar-refractivity contribution in [2.24, 2.45) is 0 Å². The van der Waals surface area contributed by atoms with Crippen molar-refractivity contribution in [1.82, 2.24) is 5.32 Å². The number of para-hydroxylation sites is 2. The molecule has 6 heteroatoms. The number of ether oxygens (including phenoxy) is 1. The minimum absolute atomic E-state index is 0.0772. The molecule has 2 aromatic rings. The maximum absolute atomic E-state index is 13.3. The second kappa shape index (κ2) is 10.3. The lowest BCUT2D eigenvalue weighted by Crippen LogP contribution is -2.27. The van der Waals surface area contributed by atoms with Crippen LogP contribution >= 0.6 is 0 Å². The van der Waals surface area contributed by atoms with E-state index in [0.717, 1.165) is 5.56 Å². The minimum Gasteiger partial charge on any atom is -0.507 e. The zero-order valence-corrected chi connectivity index (χ0v) is 19.4. The maximum atomic E-state index is 13.3. The van der Waals surface area contributed by atoms with Gasteiger partial charge in [-0.2, -0.15) is 0 Å². The molecule has 0 aliphatic heterocycles. The first kappa shape index (κ1) is 24.0. The molecule has 0 bridgehead atoms. The number of methoxy groups -OCH3 is 1. The molecule has 0 radical (unpaired) electrons. The zero-order valence-electron chi connectivity index (χ0n) is 19.4. The van der Waals surface area contributed by atoms with Gasteiger partial charge in [0.05, 0.1) is 12.7 Å². The number of ketones is 2. The lowest BCUT2D eigenvalue weighted by molar-refractivity contribution is -0.116. The number of carbonyl (C=O) groups is 3. The van der Waals surface area contributed by atoms with Crippen molar-refractivity contribution in [2.45, 2.75) is 39.5 Å². The Hall–Kier alpha value is -3.67. The van der Waals surface area contributed by atoms with Crippen LogP contribution in [0.5, 0.6) is 11.5 Å². The lowest BCUT2D eigenvalue weighted by atomic mass is 9.75. The molecule has 1 atom stereocenters. The Bertz CT molecular complexity index is 1160. The number of benzene rings is 2. The number of phenolic OH excluding ortho intramolecular Hbond substituents is 1. The first-order chi connectivity index (χ1) is 15.8. The Morgan fingerprint density at radius 1 is 0.939 bits per heavy atom. The molecule has 1 aliphatic rings. The van der Waals surface area contributed by atoms with Crippen LogP contribution in [0.25, 0.3) is 0 Å². The number of hydrogen-bond donors (Lipinski definition) is 2. The number of phenols is 1. The number of Topliss-reactive ketones (excluding diaryl/α,β-unsaturated/α-hetero) is 2. The summed E-state index contributed by atoms with van der Waals surface area (Å²) in [6.07, 6.45) is 1.08. The van der Waals surface area contributed by atoms with Crippen molar-refractivity contribution in [2.75, 3.05) is 13.7 Å². The molecule has 2 N–H and O–H groups in total. The van der Waals surface area contributed by atoms with Gasteiger partial charge in [-0.1, -0.05) is 30.3 Å². The number of hydrogen-bond acceptors (Lipinski definition) is 5. The molecule has 2 aromatic carbocycles. The molecule has 0 saturated carbocycles. The average molecular weight is 448 g/mol. The third-order valence-electron chi connectivity index (χ3n) is 6.20. The molecular formula is C27H29NO5. The van der Waals surface area contributed by atoms with Gasteiger partial charge in [-0.25, -0.2) is 0 Å². The van der Waals surface area contributed by atoms with E-state index < -0.39 is 0 Å². The Kier molecular flexibility index (Phi) is 7.48. The standard InChI is InChI=1S/C27H29NO5/c1-16-17(2)26(31)24(18(3)25(16)30)20(19-10-6-8-14-23(19)33-4)12-9-15-28-27(32)21-11-5-7-13-22(21)29/h5-8,10-11,13-14,20,29H,9,12,15H2,1-4H3,(H,28,32). The van der Waals surface area contributed by atoms with Gasteiger partial charge in [-0.05, 0) is 51.8 Å². The molecule has 1 amide bonds. The van der Waals surface area contributed by atoms with Crippen LogP contribution in [0.3, 0.4) is 0 Å². The summed E-state index contributed by atoms with van der Waals surface area (Å²) in [5.41, 5.74) is 2.93. The lowest BCUT2D eigenvalue weighted by Gasteiger charge is -2.27. The SMILES string of the molecule is COc1ccccc1C(CCCNC(=O)c1ccccc1O)C1=C(C)C(=O)C(C)=C(C)C1=O. The summed E-state index contributed by atoms with van der Waals surface area (Å²) in [4.78, 5) is 38.5. The highest BCUT2D eigenvalue weighted by Crippen LogP contribution is 2.40. The fourth-order valence-electron chi connectivity index (χ4n) is 4.21. The normalized spacial score (nSPS) is 15.0. The van der Waals surface area contributed by atoms with E-state index in [0.29, 0.717) is 47.4 Å². The summed E-state index contributed by atoms with van der Waals surface area (Å²) in [5.74, 6) is -0.399. The van der Waals surface area contributed by atoms with Crippen LogP contribution in [0.4, 0.5) is 0 Å². The number of rotatable bonds is 8. The van der Waals surface area contributed by atoms with Gasteiger partial charge in [-0.15, -0.1) is 0 Å². The van der Waals surface area contributed by atoms with Crippen LogP contribution in [-0.2, 0) is 9.59 Å². The van der Waals surface area contributed by atoms with Gasteiger partial charge in [0.1, 0.15) is 11.5 Å². The molecule has 1 aliphatic carbocycles. The van der Waals surface area contributed by atoms with E-state index in [1.807, 2.05) is 24.3 Å². The van der Waals surface area contributed by atoms with E-state index in [1.54, 1.807) is 46.1 Å². The monoisotopic (exact) mass is 447 g/mol. The largest absolute Gasteiger partial charge is 0.507 e. The summed E-state index contributed by atoms with van der Waals surface area (Å²) in [6, 6.07) is 13.8. The first-order valence-electron chi connectivity index (χ1n) is 10.9. The third-order valence-corrected chi connectivity index (χ3v) is 6.20. The molecule has 172 valence electrons. The molecule has 0 heterocycles. The Labute approximate surface area is 194 Å². The number of aromatic hydroxyl groups is 1. The van der Waals surface area contributed by atoms with Gasteiger partial charge in [0.2, 0.25) is 0 Å². The zero-order chi connectivity index (χ0) is 24.1. The number of carbonyl (C=O) groups excluding carboxylic acids is 3. The van der Waals surface area contributed by atoms with E-state index in [-0.39, 0.29) is 34.7 Å². The molecular weight excluding hydrogens is 418 g/mol. The molecule has 6 nitrogen and oxygen atoms in total. The predicted molar refractivity (Wildman–Crippen MR) is 126 cm³/mol. The predicted octanol–water partition coefficient (Wildman–Crippen LogP) is 4.50. The summed E-state index contributed by atoms with van der Waals surface area (Å²) >= 11 is 0. The smallest absolute Gasteiger partial charge is 0.255 e. The van der Waals surface area contributed by atoms with Crippen LogP contribution in [-0.4, -0.2) is 36.2 Å². The average Bonchev–Trinajstić information content (AvgIpc) is 2.83. The molecule has 1 unspecified atom stereocenters. The van der Waals surface area contributed by atoms with Crippen LogP contribution in [0.15, 0.2) is 70.8 Å². The topological polar surface area (TPSA) is 92.7 Å². The fraction of sp³-hybridized carbons (Fsp3) is 0.296. The second-order valence-electron chi connectivity index (χ2n) is 8.16. The summed E-state index contributed by atoms with van der Waals surface area (Å²) in [6.45, 7) is 5.42. The van der Waals surface area contributed by atoms with Crippen molar-refractivity contribution in [1.29, 1.82) is 0 Å². The quantitative estimate of drug-likeness (QED) is 0.459. The molecule has 0 saturated heterocycles. The van der Waals surface area contributed by atoms with Crippen LogP contribution in [0, 0.1) is 0 Å². The maximum Gasteiger partial charge on any atom is 0.255 e. The fourth-order valence-corrected chi connectivity index (χ4v) is 4.21. The van der Waals surface area contributed by atoms with Gasteiger partial charge >= 0.3 is 0 Å². The van der Waals surface area contributed by atoms with E-state index in [2.05, 4.69) is 5.32 Å². The molecule has 3 rings (SSSR count). The molecule has 0 aromatic heterocycles. The highest BCUT2D eigenvalue weighted by atomic mass is 16.5. The summed E-state index contributed by atoms with van der Waals surface area (Å²) in [7, 11) is 1.58. The van der Waals surface area contributed by atoms with Crippen LogP contribution < -0.4 is 10.1 Å². The van der Waals surface area contributed by atoms with Gasteiger partial charge < -0.3 is 15.2 Å². The first-order valence-corrected chi connectivity index (χ1v) is 10.9. The summed E-state index contributed by atoms with van der Waals surface area (Å²) in [5, 5.41) is 12.7. The van der Waals surface area contributed by atoms with Crippen molar-refractivity contribution < 1.29 is 24.2 Å². The second-order valence-corrected chi connectivity index (χ2v) is 8.16. The highest BCUT2D eigenvalue weighted by Gasteiger charge is 2.34. The number of nitrogens with one attached hydrogen (secondary N) is 1.